The Morgan fingerprint density at radius 2 is 2.00 bits per heavy atom. The summed E-state index contributed by atoms with van der Waals surface area (Å²) in [4.78, 5) is 10.7. The second kappa shape index (κ2) is 7.03. The number of carboxylic acids is 1. The molecule has 3 atom stereocenters. The lowest BCUT2D eigenvalue weighted by molar-refractivity contribution is -0.189. The number of carboxylic acid groups (broad SMARTS) is 1. The van der Waals surface area contributed by atoms with Gasteiger partial charge < -0.3 is 9.84 Å². The monoisotopic (exact) mass is 400 g/mol. The average molecular weight is 401 g/mol. The Morgan fingerprint density at radius 3 is 2.48 bits per heavy atom. The molecule has 0 saturated heterocycles. The molecule has 2 rings (SSSR count). The fourth-order valence-corrected chi connectivity index (χ4v) is 5.06. The smallest absolute Gasteiger partial charge is 0.425 e. The van der Waals surface area contributed by atoms with Gasteiger partial charge in [-0.1, -0.05) is 11.6 Å². The molecule has 0 spiro atoms. The van der Waals surface area contributed by atoms with E-state index in [2.05, 4.69) is 0 Å². The SMILES string of the molecule is C[C@H](Oc1ccc(S(=O)(=O)[C@@H]2CC[C@@H](C(=O)O)C2)c(Cl)c1)C(F)(F)F. The number of rotatable bonds is 5. The standard InChI is InChI=1S/C15H16ClF3O5S/c1-8(15(17,18)19)24-10-3-5-13(12(16)7-10)25(22,23)11-4-2-9(6-11)14(20)21/h3,5,7-9,11H,2,4,6H2,1H3,(H,20,21)/t8-,9+,11+/m0/s1. The zero-order valence-corrected chi connectivity index (χ0v) is 14.7. The molecule has 1 aliphatic rings. The van der Waals surface area contributed by atoms with Crippen molar-refractivity contribution in [2.24, 2.45) is 5.92 Å². The summed E-state index contributed by atoms with van der Waals surface area (Å²) in [6.07, 6.45) is -6.21. The summed E-state index contributed by atoms with van der Waals surface area (Å²) in [6.45, 7) is 0.823. The van der Waals surface area contributed by atoms with E-state index in [1.807, 2.05) is 0 Å². The van der Waals surface area contributed by atoms with Crippen LogP contribution in [-0.4, -0.2) is 37.0 Å². The van der Waals surface area contributed by atoms with Crippen molar-refractivity contribution in [3.63, 3.8) is 0 Å². The lowest BCUT2D eigenvalue weighted by Crippen LogP contribution is -2.31. The summed E-state index contributed by atoms with van der Waals surface area (Å²) in [6, 6.07) is 3.20. The minimum Gasteiger partial charge on any atom is -0.481 e. The third-order valence-corrected chi connectivity index (χ3v) is 6.86. The van der Waals surface area contributed by atoms with Crippen LogP contribution in [0.25, 0.3) is 0 Å². The van der Waals surface area contributed by atoms with E-state index in [1.54, 1.807) is 0 Å². The van der Waals surface area contributed by atoms with Crippen LogP contribution in [0.4, 0.5) is 13.2 Å². The Morgan fingerprint density at radius 1 is 1.36 bits per heavy atom. The second-order valence-electron chi connectivity index (χ2n) is 5.91. The lowest BCUT2D eigenvalue weighted by atomic mass is 10.1. The van der Waals surface area contributed by atoms with Gasteiger partial charge in [-0.3, -0.25) is 4.79 Å². The molecule has 0 aliphatic heterocycles. The van der Waals surface area contributed by atoms with Gasteiger partial charge in [0.05, 0.1) is 21.1 Å². The number of carbonyl (C=O) groups is 1. The van der Waals surface area contributed by atoms with Gasteiger partial charge in [0.2, 0.25) is 0 Å². The van der Waals surface area contributed by atoms with Crippen molar-refractivity contribution in [3.05, 3.63) is 23.2 Å². The minimum atomic E-state index is -4.56. The molecule has 0 radical (unpaired) electrons. The first-order valence-electron chi connectivity index (χ1n) is 7.42. The van der Waals surface area contributed by atoms with Crippen LogP contribution in [0, 0.1) is 5.92 Å². The third kappa shape index (κ3) is 4.38. The largest absolute Gasteiger partial charge is 0.481 e. The summed E-state index contributed by atoms with van der Waals surface area (Å²) in [7, 11) is -3.88. The average Bonchev–Trinajstić information content (AvgIpc) is 2.96. The number of alkyl halides is 3. The number of ether oxygens (including phenoxy) is 1. The molecule has 1 aliphatic carbocycles. The predicted molar refractivity (Wildman–Crippen MR) is 83.5 cm³/mol. The van der Waals surface area contributed by atoms with Crippen LogP contribution in [0.3, 0.4) is 0 Å². The van der Waals surface area contributed by atoms with Crippen molar-refractivity contribution in [3.8, 4) is 5.75 Å². The van der Waals surface area contributed by atoms with E-state index < -0.39 is 39.3 Å². The molecule has 1 saturated carbocycles. The van der Waals surface area contributed by atoms with Gasteiger partial charge in [-0.25, -0.2) is 8.42 Å². The molecule has 0 bridgehead atoms. The first-order valence-corrected chi connectivity index (χ1v) is 9.35. The molecule has 1 aromatic carbocycles. The topological polar surface area (TPSA) is 80.7 Å². The molecule has 10 heteroatoms. The van der Waals surface area contributed by atoms with Gasteiger partial charge in [0.25, 0.3) is 0 Å². The van der Waals surface area contributed by atoms with Gasteiger partial charge >= 0.3 is 12.1 Å². The van der Waals surface area contributed by atoms with Crippen molar-refractivity contribution in [2.45, 2.75) is 48.6 Å². The summed E-state index contributed by atoms with van der Waals surface area (Å²) in [5.74, 6) is -1.98. The second-order valence-corrected chi connectivity index (χ2v) is 8.51. The van der Waals surface area contributed by atoms with Gasteiger partial charge in [-0.15, -0.1) is 0 Å². The molecule has 0 aromatic heterocycles. The van der Waals surface area contributed by atoms with Gasteiger partial charge in [0, 0.05) is 6.07 Å². The Bertz CT molecular complexity index is 763. The van der Waals surface area contributed by atoms with E-state index in [9.17, 15) is 26.4 Å². The third-order valence-electron chi connectivity index (χ3n) is 4.16. The van der Waals surface area contributed by atoms with Crippen LogP contribution >= 0.6 is 11.6 Å². The number of hydrogen-bond donors (Lipinski definition) is 1. The number of sulfone groups is 1. The van der Waals surface area contributed by atoms with Crippen molar-refractivity contribution in [1.29, 1.82) is 0 Å². The van der Waals surface area contributed by atoms with Gasteiger partial charge in [0.1, 0.15) is 5.75 Å². The lowest BCUT2D eigenvalue weighted by Gasteiger charge is -2.19. The highest BCUT2D eigenvalue weighted by molar-refractivity contribution is 7.92. The Balaban J connectivity index is 2.21. The van der Waals surface area contributed by atoms with Crippen molar-refractivity contribution in [2.75, 3.05) is 0 Å². The first-order chi connectivity index (χ1) is 11.4. The highest BCUT2D eigenvalue weighted by atomic mass is 35.5. The van der Waals surface area contributed by atoms with Crippen molar-refractivity contribution in [1.82, 2.24) is 0 Å². The van der Waals surface area contributed by atoms with Gasteiger partial charge in [-0.05, 0) is 38.3 Å². The molecular formula is C15H16ClF3O5S. The number of benzene rings is 1. The molecule has 1 aromatic rings. The van der Waals surface area contributed by atoms with Crippen LogP contribution in [0.1, 0.15) is 26.2 Å². The predicted octanol–water partition coefficient (Wildman–Crippen LogP) is 3.70. The first kappa shape index (κ1) is 19.8. The maximum Gasteiger partial charge on any atom is 0.425 e. The summed E-state index contributed by atoms with van der Waals surface area (Å²) >= 11 is 5.93. The Labute approximate surface area is 147 Å². The molecule has 0 amide bonds. The van der Waals surface area contributed by atoms with Crippen LogP contribution < -0.4 is 4.74 Å². The van der Waals surface area contributed by atoms with Crippen LogP contribution in [-0.2, 0) is 14.6 Å². The molecule has 1 N–H and O–H groups in total. The highest BCUT2D eigenvalue weighted by Crippen LogP contribution is 2.37. The molecule has 140 valence electrons. The summed E-state index contributed by atoms with van der Waals surface area (Å²) in [5, 5.41) is 7.84. The Hall–Kier alpha value is -1.48. The maximum absolute atomic E-state index is 12.6. The molecule has 0 heterocycles. The summed E-state index contributed by atoms with van der Waals surface area (Å²) in [5.41, 5.74) is 0. The van der Waals surface area contributed by atoms with Crippen LogP contribution in [0.5, 0.6) is 5.75 Å². The van der Waals surface area contributed by atoms with E-state index in [-0.39, 0.29) is 34.9 Å². The fourth-order valence-electron chi connectivity index (χ4n) is 2.68. The van der Waals surface area contributed by atoms with E-state index in [0.717, 1.165) is 25.1 Å². The zero-order valence-electron chi connectivity index (χ0n) is 13.1. The highest BCUT2D eigenvalue weighted by Gasteiger charge is 2.40. The molecular weight excluding hydrogens is 385 g/mol. The van der Waals surface area contributed by atoms with E-state index >= 15 is 0 Å². The van der Waals surface area contributed by atoms with E-state index in [0.29, 0.717) is 0 Å². The van der Waals surface area contributed by atoms with Gasteiger partial charge in [-0.2, -0.15) is 13.2 Å². The molecule has 25 heavy (non-hydrogen) atoms. The van der Waals surface area contributed by atoms with Crippen molar-refractivity contribution >= 4 is 27.4 Å². The number of hydrogen-bond acceptors (Lipinski definition) is 4. The minimum absolute atomic E-state index is 0.0165. The summed E-state index contributed by atoms with van der Waals surface area (Å²) < 4.78 is 67.5. The fraction of sp³-hybridized carbons (Fsp3) is 0.533. The maximum atomic E-state index is 12.6. The molecule has 1 fully saturated rings. The van der Waals surface area contributed by atoms with Crippen LogP contribution in [0.2, 0.25) is 5.02 Å². The van der Waals surface area contributed by atoms with E-state index in [4.69, 9.17) is 21.4 Å². The van der Waals surface area contributed by atoms with Gasteiger partial charge in [0.15, 0.2) is 15.9 Å². The van der Waals surface area contributed by atoms with Crippen molar-refractivity contribution < 1.29 is 36.2 Å². The molecule has 5 nitrogen and oxygen atoms in total. The number of halogens is 4. The van der Waals surface area contributed by atoms with E-state index in [1.165, 1.54) is 0 Å². The zero-order chi connectivity index (χ0) is 19.0. The Kier molecular flexibility index (Phi) is 5.58. The number of aliphatic carboxylic acids is 1. The molecule has 0 unspecified atom stereocenters. The normalized spacial score (nSPS) is 22.6. The quantitative estimate of drug-likeness (QED) is 0.815. The van der Waals surface area contributed by atoms with Crippen LogP contribution in [0.15, 0.2) is 23.1 Å².